The van der Waals surface area contributed by atoms with Gasteiger partial charge in [-0.05, 0) is 47.7 Å². The number of carbonyl (C=O) groups is 1. The highest BCUT2D eigenvalue weighted by Crippen LogP contribution is 2.41. The van der Waals surface area contributed by atoms with Gasteiger partial charge in [0.1, 0.15) is 17.1 Å². The van der Waals surface area contributed by atoms with Crippen LogP contribution in [0.2, 0.25) is 10.0 Å². The van der Waals surface area contributed by atoms with Crippen LogP contribution in [-0.2, 0) is 16.5 Å². The van der Waals surface area contributed by atoms with Gasteiger partial charge in [-0.25, -0.2) is 0 Å². The molecule has 38 heavy (non-hydrogen) atoms. The number of rotatable bonds is 7. The zero-order valence-corrected chi connectivity index (χ0v) is 22.4. The van der Waals surface area contributed by atoms with Crippen molar-refractivity contribution in [3.05, 3.63) is 81.8 Å². The number of hydrogen-bond donors (Lipinski definition) is 3. The molecule has 0 saturated carbocycles. The third-order valence-corrected chi connectivity index (χ3v) is 7.32. The van der Waals surface area contributed by atoms with Crippen LogP contribution >= 0.6 is 23.2 Å². The van der Waals surface area contributed by atoms with Crippen LogP contribution in [0.3, 0.4) is 0 Å². The maximum atomic E-state index is 13.2. The lowest BCUT2D eigenvalue weighted by Crippen LogP contribution is -2.13. The molecule has 0 saturated heterocycles. The number of phenolic OH excluding ortho intramolecular Hbond substituents is 1. The number of nitrogens with one attached hydrogen (secondary N) is 1. The second-order valence-electron chi connectivity index (χ2n) is 8.05. The highest BCUT2D eigenvalue weighted by molar-refractivity contribution is 7.85. The lowest BCUT2D eigenvalue weighted by Gasteiger charge is -2.13. The maximum absolute atomic E-state index is 13.2. The van der Waals surface area contributed by atoms with E-state index in [1.54, 1.807) is 49.4 Å². The van der Waals surface area contributed by atoms with E-state index in [0.29, 0.717) is 27.2 Å². The van der Waals surface area contributed by atoms with Crippen LogP contribution in [0.5, 0.6) is 11.5 Å². The number of nitrogens with zero attached hydrogens (tertiary/aromatic N) is 2. The van der Waals surface area contributed by atoms with Crippen LogP contribution < -0.4 is 10.1 Å². The van der Waals surface area contributed by atoms with Crippen LogP contribution in [0.15, 0.2) is 75.8 Å². The Labute approximate surface area is 228 Å². The Morgan fingerprint density at radius 2 is 1.79 bits per heavy atom. The highest BCUT2D eigenvalue weighted by Gasteiger charge is 2.21. The Morgan fingerprint density at radius 3 is 2.47 bits per heavy atom. The third-order valence-electron chi connectivity index (χ3n) is 5.72. The number of methoxy groups -OCH3 is 1. The summed E-state index contributed by atoms with van der Waals surface area (Å²) in [5, 5.41) is 23.6. The van der Waals surface area contributed by atoms with E-state index >= 15 is 0 Å². The molecule has 0 heterocycles. The van der Waals surface area contributed by atoms with E-state index in [0.717, 1.165) is 0 Å². The van der Waals surface area contributed by atoms with E-state index in [9.17, 15) is 22.9 Å². The van der Waals surface area contributed by atoms with Gasteiger partial charge in [-0.1, -0.05) is 54.4 Å². The van der Waals surface area contributed by atoms with Gasteiger partial charge in [-0.15, -0.1) is 10.2 Å². The number of amides is 1. The summed E-state index contributed by atoms with van der Waals surface area (Å²) in [5.41, 5.74) is 0.557. The quantitative estimate of drug-likeness (QED) is 0.156. The van der Waals surface area contributed by atoms with E-state index in [2.05, 4.69) is 15.5 Å². The Kier molecular flexibility index (Phi) is 7.89. The number of aromatic hydroxyl groups is 1. The van der Waals surface area contributed by atoms with E-state index in [1.165, 1.54) is 25.3 Å². The molecule has 4 aromatic rings. The number of halogens is 2. The maximum Gasteiger partial charge on any atom is 0.294 e. The lowest BCUT2D eigenvalue weighted by molar-refractivity contribution is 0.102. The molecule has 0 unspecified atom stereocenters. The summed E-state index contributed by atoms with van der Waals surface area (Å²) in [5.74, 6) is -0.728. The highest BCUT2D eigenvalue weighted by atomic mass is 35.5. The number of azo groups is 1. The molecule has 0 atom stereocenters. The molecule has 0 aliphatic rings. The van der Waals surface area contributed by atoms with Crippen molar-refractivity contribution in [1.29, 1.82) is 0 Å². The van der Waals surface area contributed by atoms with E-state index in [4.69, 9.17) is 27.9 Å². The molecule has 0 bridgehead atoms. The van der Waals surface area contributed by atoms with E-state index < -0.39 is 21.8 Å². The van der Waals surface area contributed by atoms with Crippen LogP contribution in [0, 0.1) is 0 Å². The van der Waals surface area contributed by atoms with Gasteiger partial charge >= 0.3 is 0 Å². The average Bonchev–Trinajstić information content (AvgIpc) is 2.88. The molecule has 12 heteroatoms. The molecule has 0 aromatic heterocycles. The van der Waals surface area contributed by atoms with Crippen molar-refractivity contribution in [3.63, 3.8) is 0 Å². The number of carbonyl (C=O) groups excluding carboxylic acids is 1. The molecule has 0 fully saturated rings. The van der Waals surface area contributed by atoms with Crippen LogP contribution in [0.25, 0.3) is 10.8 Å². The summed E-state index contributed by atoms with van der Waals surface area (Å²) in [6.07, 6.45) is 0.204. The Morgan fingerprint density at radius 1 is 1.05 bits per heavy atom. The number of benzene rings is 4. The van der Waals surface area contributed by atoms with Crippen LogP contribution in [-0.4, -0.2) is 31.1 Å². The summed E-state index contributed by atoms with van der Waals surface area (Å²) in [7, 11) is -3.06. The lowest BCUT2D eigenvalue weighted by atomic mass is 10.0. The smallest absolute Gasteiger partial charge is 0.294 e. The van der Waals surface area contributed by atoms with E-state index in [-0.39, 0.29) is 38.8 Å². The topological polar surface area (TPSA) is 138 Å². The molecule has 196 valence electrons. The molecule has 0 aliphatic heterocycles. The first-order chi connectivity index (χ1) is 18.0. The van der Waals surface area contributed by atoms with Crippen molar-refractivity contribution < 1.29 is 27.6 Å². The molecular formula is C26H21Cl2N3O6S. The zero-order chi connectivity index (χ0) is 27.6. The summed E-state index contributed by atoms with van der Waals surface area (Å²) in [6.45, 7) is 1.67. The Balaban J connectivity index is 1.80. The van der Waals surface area contributed by atoms with Crippen molar-refractivity contribution >= 4 is 67.1 Å². The van der Waals surface area contributed by atoms with Crippen molar-refractivity contribution in [1.82, 2.24) is 0 Å². The van der Waals surface area contributed by atoms with Gasteiger partial charge in [0.25, 0.3) is 16.0 Å². The molecule has 0 radical (unpaired) electrons. The first-order valence-corrected chi connectivity index (χ1v) is 13.3. The molecular weight excluding hydrogens is 553 g/mol. The zero-order valence-electron chi connectivity index (χ0n) is 20.1. The van der Waals surface area contributed by atoms with Crippen molar-refractivity contribution in [2.75, 3.05) is 12.4 Å². The number of fused-ring (bicyclic) bond motifs is 1. The summed E-state index contributed by atoms with van der Waals surface area (Å²) >= 11 is 12.4. The summed E-state index contributed by atoms with van der Waals surface area (Å²) in [6, 6.07) is 15.6. The molecule has 4 aromatic carbocycles. The minimum atomic E-state index is -4.49. The first-order valence-electron chi connectivity index (χ1n) is 11.1. The van der Waals surface area contributed by atoms with Gasteiger partial charge in [-0.2, -0.15) is 8.42 Å². The van der Waals surface area contributed by atoms with Crippen molar-refractivity contribution in [3.8, 4) is 11.5 Å². The fourth-order valence-corrected chi connectivity index (χ4v) is 5.25. The van der Waals surface area contributed by atoms with Crippen molar-refractivity contribution in [2.45, 2.75) is 18.2 Å². The van der Waals surface area contributed by atoms with E-state index in [1.807, 2.05) is 0 Å². The Hall–Kier alpha value is -3.70. The number of phenols is 1. The molecule has 3 N–H and O–H groups in total. The molecule has 9 nitrogen and oxygen atoms in total. The van der Waals surface area contributed by atoms with Gasteiger partial charge in [0, 0.05) is 16.5 Å². The Bertz CT molecular complexity index is 1710. The third kappa shape index (κ3) is 5.44. The van der Waals surface area contributed by atoms with Gasteiger partial charge in [0.15, 0.2) is 5.75 Å². The fraction of sp³-hybridized carbons (Fsp3) is 0.115. The minimum Gasteiger partial charge on any atom is -0.505 e. The monoisotopic (exact) mass is 573 g/mol. The summed E-state index contributed by atoms with van der Waals surface area (Å²) < 4.78 is 38.1. The van der Waals surface area contributed by atoms with Crippen LogP contribution in [0.1, 0.15) is 22.8 Å². The average molecular weight is 574 g/mol. The number of ether oxygens (including phenoxy) is 1. The number of anilines is 1. The van der Waals surface area contributed by atoms with Gasteiger partial charge in [0.2, 0.25) is 0 Å². The second-order valence-corrected chi connectivity index (χ2v) is 10.2. The second kappa shape index (κ2) is 11.0. The van der Waals surface area contributed by atoms with Crippen LogP contribution in [0.4, 0.5) is 17.1 Å². The SMILES string of the molecule is CCc1c(S(=O)(=O)O)ccc(N=Nc2c(O)c(C(=O)Nc3ccc(Cl)cc3OC)cc3ccccc23)c1Cl. The molecule has 4 rings (SSSR count). The molecule has 0 aliphatic carbocycles. The standard InChI is InChI=1S/C26H21Cl2N3O6S/c1-3-16-22(38(34,35)36)11-10-20(23(16)28)30-31-24-17-7-5-4-6-14(17)12-18(25(24)32)26(33)29-19-9-8-15(27)13-21(19)37-2/h4-13,32H,3H2,1-2H3,(H,29,33)(H,34,35,36). The summed E-state index contributed by atoms with van der Waals surface area (Å²) in [4.78, 5) is 12.9. The predicted molar refractivity (Wildman–Crippen MR) is 146 cm³/mol. The first kappa shape index (κ1) is 27.3. The predicted octanol–water partition coefficient (Wildman–Crippen LogP) is 7.34. The largest absolute Gasteiger partial charge is 0.505 e. The number of hydrogen-bond acceptors (Lipinski definition) is 7. The van der Waals surface area contributed by atoms with Gasteiger partial charge in [-0.3, -0.25) is 9.35 Å². The van der Waals surface area contributed by atoms with Gasteiger partial charge < -0.3 is 15.2 Å². The molecule has 0 spiro atoms. The van der Waals surface area contributed by atoms with Crippen molar-refractivity contribution in [2.24, 2.45) is 10.2 Å². The fourth-order valence-electron chi connectivity index (χ4n) is 3.89. The molecule has 1 amide bonds. The normalized spacial score (nSPS) is 11.7. The minimum absolute atomic E-state index is 0.00397. The van der Waals surface area contributed by atoms with Gasteiger partial charge in [0.05, 0.1) is 28.3 Å².